The first-order valence-electron chi connectivity index (χ1n) is 6.79. The number of nitriles is 1. The largest absolute Gasteiger partial charge is 0.352 e. The number of nitrogens with zero attached hydrogens (tertiary/aromatic N) is 5. The fourth-order valence-electron chi connectivity index (χ4n) is 2.89. The van der Waals surface area contributed by atoms with Crippen molar-refractivity contribution < 1.29 is 0 Å². The molecule has 1 atom stereocenters. The van der Waals surface area contributed by atoms with Crippen molar-refractivity contribution in [1.82, 2.24) is 20.2 Å². The summed E-state index contributed by atoms with van der Waals surface area (Å²) in [6, 6.07) is 2.80. The molecule has 0 saturated carbocycles. The Morgan fingerprint density at radius 1 is 1.21 bits per heavy atom. The first-order chi connectivity index (χ1) is 9.38. The lowest BCUT2D eigenvalue weighted by Gasteiger charge is -2.38. The number of anilines is 1. The number of aromatic nitrogens is 2. The maximum atomic E-state index is 9.08. The van der Waals surface area contributed by atoms with Crippen LogP contribution >= 0.6 is 0 Å². The van der Waals surface area contributed by atoms with Crippen molar-refractivity contribution in [2.75, 3.05) is 44.2 Å². The van der Waals surface area contributed by atoms with Crippen LogP contribution in [0.5, 0.6) is 0 Å². The van der Waals surface area contributed by atoms with Gasteiger partial charge in [-0.2, -0.15) is 5.26 Å². The second-order valence-corrected chi connectivity index (χ2v) is 5.01. The smallest absolute Gasteiger partial charge is 0.183 e. The highest BCUT2D eigenvalue weighted by Gasteiger charge is 2.27. The molecule has 1 N–H and O–H groups in total. The summed E-state index contributed by atoms with van der Waals surface area (Å²) in [7, 11) is 0. The van der Waals surface area contributed by atoms with E-state index in [0.29, 0.717) is 11.7 Å². The Balaban J connectivity index is 1.65. The maximum absolute atomic E-state index is 9.08. The van der Waals surface area contributed by atoms with Gasteiger partial charge in [0.1, 0.15) is 6.07 Å². The molecule has 6 nitrogen and oxygen atoms in total. The van der Waals surface area contributed by atoms with Gasteiger partial charge in [0.05, 0.1) is 0 Å². The number of hydrogen-bond acceptors (Lipinski definition) is 6. The van der Waals surface area contributed by atoms with Crippen molar-refractivity contribution in [3.8, 4) is 6.07 Å². The van der Waals surface area contributed by atoms with Gasteiger partial charge in [-0.05, 0) is 13.0 Å². The first-order valence-corrected chi connectivity index (χ1v) is 6.79. The molecule has 0 radical (unpaired) electrons. The Hall–Kier alpha value is -1.71. The summed E-state index contributed by atoms with van der Waals surface area (Å²) >= 11 is 0. The van der Waals surface area contributed by atoms with Crippen LogP contribution < -0.4 is 10.2 Å². The minimum Gasteiger partial charge on any atom is -0.352 e. The van der Waals surface area contributed by atoms with Crippen molar-refractivity contribution in [3.63, 3.8) is 0 Å². The molecule has 3 heterocycles. The van der Waals surface area contributed by atoms with E-state index in [4.69, 9.17) is 5.26 Å². The molecular formula is C13H18N6. The second-order valence-electron chi connectivity index (χ2n) is 5.01. The molecule has 2 aliphatic heterocycles. The normalized spacial score (nSPS) is 24.4. The fourth-order valence-corrected chi connectivity index (χ4v) is 2.89. The Labute approximate surface area is 113 Å². The third-order valence-electron chi connectivity index (χ3n) is 3.95. The van der Waals surface area contributed by atoms with Gasteiger partial charge in [-0.3, -0.25) is 4.90 Å². The number of hydrogen-bond donors (Lipinski definition) is 1. The molecule has 1 aromatic heterocycles. The number of rotatable bonds is 2. The number of nitrogens with one attached hydrogen (secondary N) is 1. The van der Waals surface area contributed by atoms with Crippen molar-refractivity contribution in [1.29, 1.82) is 5.26 Å². The quantitative estimate of drug-likeness (QED) is 0.794. The van der Waals surface area contributed by atoms with E-state index in [2.05, 4.69) is 31.2 Å². The van der Waals surface area contributed by atoms with E-state index >= 15 is 0 Å². The highest BCUT2D eigenvalue weighted by Crippen LogP contribution is 2.18. The van der Waals surface area contributed by atoms with Crippen LogP contribution in [0.1, 0.15) is 12.1 Å². The van der Waals surface area contributed by atoms with Gasteiger partial charge >= 0.3 is 0 Å². The molecule has 100 valence electrons. The molecule has 19 heavy (non-hydrogen) atoms. The van der Waals surface area contributed by atoms with E-state index < -0.39 is 0 Å². The van der Waals surface area contributed by atoms with Gasteiger partial charge in [-0.25, -0.2) is 9.97 Å². The topological polar surface area (TPSA) is 68.1 Å². The van der Waals surface area contributed by atoms with Gasteiger partial charge in [0.2, 0.25) is 0 Å². The summed E-state index contributed by atoms with van der Waals surface area (Å²) < 4.78 is 0. The first kappa shape index (κ1) is 12.3. The molecule has 0 spiro atoms. The van der Waals surface area contributed by atoms with Crippen LogP contribution in [0.15, 0.2) is 12.4 Å². The molecule has 6 heteroatoms. The minimum atomic E-state index is 0.429. The lowest BCUT2D eigenvalue weighted by molar-refractivity contribution is 0.196. The zero-order valence-corrected chi connectivity index (χ0v) is 10.9. The predicted molar refractivity (Wildman–Crippen MR) is 71.8 cm³/mol. The van der Waals surface area contributed by atoms with Crippen LogP contribution in [0.4, 0.5) is 5.82 Å². The fraction of sp³-hybridized carbons (Fsp3) is 0.615. The molecule has 2 saturated heterocycles. The second kappa shape index (κ2) is 5.51. The third kappa shape index (κ3) is 2.53. The summed E-state index contributed by atoms with van der Waals surface area (Å²) in [6.07, 6.45) is 4.47. The van der Waals surface area contributed by atoms with Crippen LogP contribution in [0.2, 0.25) is 0 Å². The standard InChI is InChI=1S/C13H18N6/c14-9-12-13(17-4-3-16-12)19-7-5-18(6-8-19)11-1-2-15-10-11/h3-4,11,15H,1-2,5-8,10H2/t11-/m0/s1. The lowest BCUT2D eigenvalue weighted by atomic mass is 10.2. The SMILES string of the molecule is N#Cc1nccnc1N1CCN([C@H]2CCNC2)CC1. The van der Waals surface area contributed by atoms with E-state index in [0.717, 1.165) is 45.1 Å². The molecule has 3 rings (SSSR count). The van der Waals surface area contributed by atoms with Crippen molar-refractivity contribution in [2.24, 2.45) is 0 Å². The number of piperazine rings is 1. The molecular weight excluding hydrogens is 240 g/mol. The summed E-state index contributed by atoms with van der Waals surface area (Å²) in [5.41, 5.74) is 0.429. The Morgan fingerprint density at radius 3 is 2.68 bits per heavy atom. The van der Waals surface area contributed by atoms with E-state index in [9.17, 15) is 0 Å². The summed E-state index contributed by atoms with van der Waals surface area (Å²) in [5.74, 6) is 0.731. The zero-order chi connectivity index (χ0) is 13.1. The van der Waals surface area contributed by atoms with Gasteiger partial charge in [-0.1, -0.05) is 0 Å². The summed E-state index contributed by atoms with van der Waals surface area (Å²) in [6.45, 7) is 6.15. The van der Waals surface area contributed by atoms with Gasteiger partial charge in [-0.15, -0.1) is 0 Å². The van der Waals surface area contributed by atoms with Crippen molar-refractivity contribution >= 4 is 5.82 Å². The monoisotopic (exact) mass is 258 g/mol. The summed E-state index contributed by atoms with van der Waals surface area (Å²) in [4.78, 5) is 13.1. The molecule has 0 aliphatic carbocycles. The zero-order valence-electron chi connectivity index (χ0n) is 10.9. The molecule has 1 aromatic rings. The van der Waals surface area contributed by atoms with Crippen LogP contribution in [0.25, 0.3) is 0 Å². The maximum Gasteiger partial charge on any atom is 0.183 e. The van der Waals surface area contributed by atoms with E-state index in [1.807, 2.05) is 0 Å². The van der Waals surface area contributed by atoms with E-state index in [1.165, 1.54) is 6.42 Å². The predicted octanol–water partition coefficient (Wildman–Crippen LogP) is -0.168. The highest BCUT2D eigenvalue weighted by molar-refractivity contribution is 5.49. The van der Waals surface area contributed by atoms with Crippen molar-refractivity contribution in [3.05, 3.63) is 18.1 Å². The van der Waals surface area contributed by atoms with E-state index in [-0.39, 0.29) is 0 Å². The van der Waals surface area contributed by atoms with Crippen LogP contribution in [-0.2, 0) is 0 Å². The van der Waals surface area contributed by atoms with Crippen molar-refractivity contribution in [2.45, 2.75) is 12.5 Å². The third-order valence-corrected chi connectivity index (χ3v) is 3.95. The van der Waals surface area contributed by atoms with Gasteiger partial charge < -0.3 is 10.2 Å². The van der Waals surface area contributed by atoms with Crippen LogP contribution in [-0.4, -0.2) is 60.2 Å². The van der Waals surface area contributed by atoms with Gasteiger partial charge in [0, 0.05) is 51.2 Å². The molecule has 2 aliphatic rings. The van der Waals surface area contributed by atoms with Gasteiger partial charge in [0.15, 0.2) is 11.5 Å². The average molecular weight is 258 g/mol. The molecule has 0 amide bonds. The Bertz CT molecular complexity index is 468. The Kier molecular flexibility index (Phi) is 3.58. The summed E-state index contributed by atoms with van der Waals surface area (Å²) in [5, 5.41) is 12.5. The minimum absolute atomic E-state index is 0.429. The average Bonchev–Trinajstić information content (AvgIpc) is 3.02. The highest BCUT2D eigenvalue weighted by atomic mass is 15.3. The molecule has 0 unspecified atom stereocenters. The lowest BCUT2D eigenvalue weighted by Crippen LogP contribution is -2.51. The van der Waals surface area contributed by atoms with Crippen LogP contribution in [0, 0.1) is 11.3 Å². The van der Waals surface area contributed by atoms with E-state index in [1.54, 1.807) is 12.4 Å². The molecule has 0 bridgehead atoms. The molecule has 0 aromatic carbocycles. The Morgan fingerprint density at radius 2 is 2.00 bits per heavy atom. The molecule has 2 fully saturated rings. The van der Waals surface area contributed by atoms with Crippen LogP contribution in [0.3, 0.4) is 0 Å². The van der Waals surface area contributed by atoms with Gasteiger partial charge in [0.25, 0.3) is 0 Å².